The summed E-state index contributed by atoms with van der Waals surface area (Å²) in [6, 6.07) is 4.23. The molecule has 182 valence electrons. The lowest BCUT2D eigenvalue weighted by Crippen LogP contribution is -2.49. The molecule has 13 heteroatoms. The number of halogens is 7. The summed E-state index contributed by atoms with van der Waals surface area (Å²) in [5.74, 6) is -3.58. The highest BCUT2D eigenvalue weighted by Crippen LogP contribution is 2.39. The Hall–Kier alpha value is -3.56. The number of methoxy groups -OCH3 is 1. The summed E-state index contributed by atoms with van der Waals surface area (Å²) in [5.41, 5.74) is -2.11. The average molecular weight is 491 g/mol. The molecule has 1 aliphatic heterocycles. The van der Waals surface area contributed by atoms with E-state index in [9.17, 15) is 40.8 Å². The smallest absolute Gasteiger partial charge is 0.425 e. The van der Waals surface area contributed by atoms with Crippen molar-refractivity contribution in [2.45, 2.75) is 31.3 Å². The van der Waals surface area contributed by atoms with Crippen LogP contribution in [-0.2, 0) is 6.18 Å². The minimum absolute atomic E-state index is 0.134. The Bertz CT molecular complexity index is 1140. The number of nitriles is 1. The lowest BCUT2D eigenvalue weighted by Gasteiger charge is -2.39. The summed E-state index contributed by atoms with van der Waals surface area (Å²) < 4.78 is 101. The van der Waals surface area contributed by atoms with Crippen molar-refractivity contribution in [2.24, 2.45) is 0 Å². The van der Waals surface area contributed by atoms with Crippen molar-refractivity contribution < 1.29 is 45.0 Å². The minimum Gasteiger partial charge on any atom is -0.494 e. The second-order valence-corrected chi connectivity index (χ2v) is 7.43. The van der Waals surface area contributed by atoms with E-state index in [1.807, 2.05) is 0 Å². The number of hydrogen-bond donors (Lipinski definition) is 0. The van der Waals surface area contributed by atoms with Crippen molar-refractivity contribution in [1.29, 1.82) is 5.26 Å². The van der Waals surface area contributed by atoms with Crippen LogP contribution >= 0.6 is 0 Å². The number of hydrogen-bond acceptors (Lipinski definition) is 5. The van der Waals surface area contributed by atoms with Gasteiger partial charge < -0.3 is 14.4 Å². The van der Waals surface area contributed by atoms with E-state index in [2.05, 4.69) is 4.98 Å². The van der Waals surface area contributed by atoms with Gasteiger partial charge in [0, 0.05) is 25.2 Å². The maximum atomic E-state index is 14.2. The van der Waals surface area contributed by atoms with Gasteiger partial charge >= 0.3 is 12.4 Å². The predicted octanol–water partition coefficient (Wildman–Crippen LogP) is 4.69. The van der Waals surface area contributed by atoms with E-state index >= 15 is 0 Å². The van der Waals surface area contributed by atoms with E-state index in [0.717, 1.165) is 31.1 Å². The number of pyridine rings is 1. The Kier molecular flexibility index (Phi) is 6.64. The molecule has 0 bridgehead atoms. The molecular weight excluding hydrogens is 475 g/mol. The first kappa shape index (κ1) is 25.1. The van der Waals surface area contributed by atoms with E-state index < -0.39 is 53.0 Å². The van der Waals surface area contributed by atoms with Crippen LogP contribution in [0.5, 0.6) is 11.5 Å². The lowest BCUT2D eigenvalue weighted by molar-refractivity contribution is -0.189. The van der Waals surface area contributed by atoms with Gasteiger partial charge in [0.15, 0.2) is 11.9 Å². The predicted molar refractivity (Wildman–Crippen MR) is 102 cm³/mol. The van der Waals surface area contributed by atoms with Crippen LogP contribution < -0.4 is 9.47 Å². The molecule has 1 amide bonds. The summed E-state index contributed by atoms with van der Waals surface area (Å²) in [6.07, 6.45) is -11.3. The van der Waals surface area contributed by atoms with Crippen molar-refractivity contribution >= 4 is 5.91 Å². The molecule has 6 nitrogen and oxygen atoms in total. The highest BCUT2D eigenvalue weighted by Gasteiger charge is 2.41. The summed E-state index contributed by atoms with van der Waals surface area (Å²) in [6.45, 7) is 0.377. The summed E-state index contributed by atoms with van der Waals surface area (Å²) in [4.78, 5) is 17.7. The topological polar surface area (TPSA) is 75.5 Å². The monoisotopic (exact) mass is 491 g/mol. The maximum absolute atomic E-state index is 14.2. The first-order valence-electron chi connectivity index (χ1n) is 9.64. The SMILES string of the molecule is COc1c(C#N)ccc(O[C@@H](C)C(F)(F)F)c1C(=O)N1CC(c2ncc(C(F)(F)F)cc2F)C1. The molecule has 0 N–H and O–H groups in total. The lowest BCUT2D eigenvalue weighted by atomic mass is 9.93. The second-order valence-electron chi connectivity index (χ2n) is 7.43. The molecule has 2 aromatic rings. The molecule has 2 heterocycles. The van der Waals surface area contributed by atoms with E-state index in [1.54, 1.807) is 6.07 Å². The molecule has 1 fully saturated rings. The molecule has 0 spiro atoms. The maximum Gasteiger partial charge on any atom is 0.425 e. The number of likely N-dealkylation sites (tertiary alicyclic amines) is 1. The van der Waals surface area contributed by atoms with Gasteiger partial charge in [-0.15, -0.1) is 0 Å². The van der Waals surface area contributed by atoms with Crippen LogP contribution in [0.25, 0.3) is 0 Å². The Morgan fingerprint density at radius 2 is 1.88 bits per heavy atom. The third kappa shape index (κ3) is 4.85. The van der Waals surface area contributed by atoms with Gasteiger partial charge in [-0.1, -0.05) is 0 Å². The van der Waals surface area contributed by atoms with Crippen molar-refractivity contribution in [3.63, 3.8) is 0 Å². The molecule has 0 saturated carbocycles. The summed E-state index contributed by atoms with van der Waals surface area (Å²) in [7, 11) is 1.12. The molecule has 3 rings (SSSR count). The number of benzene rings is 1. The molecule has 34 heavy (non-hydrogen) atoms. The Morgan fingerprint density at radius 1 is 1.24 bits per heavy atom. The zero-order valence-electron chi connectivity index (χ0n) is 17.6. The number of rotatable bonds is 5. The number of carbonyl (C=O) groups excluding carboxylic acids is 1. The molecule has 1 aromatic carbocycles. The highest BCUT2D eigenvalue weighted by molar-refractivity contribution is 6.01. The van der Waals surface area contributed by atoms with Crippen LogP contribution in [-0.4, -0.2) is 48.3 Å². The van der Waals surface area contributed by atoms with Gasteiger partial charge in [0.1, 0.15) is 23.2 Å². The van der Waals surface area contributed by atoms with Gasteiger partial charge in [0.05, 0.1) is 23.9 Å². The zero-order valence-corrected chi connectivity index (χ0v) is 17.6. The van der Waals surface area contributed by atoms with Gasteiger partial charge in [0.25, 0.3) is 5.91 Å². The number of amides is 1. The van der Waals surface area contributed by atoms with E-state index in [1.165, 1.54) is 0 Å². The normalized spacial score (nSPS) is 15.4. The second kappa shape index (κ2) is 9.00. The zero-order chi connectivity index (χ0) is 25.4. The fraction of sp³-hybridized carbons (Fsp3) is 0.381. The van der Waals surface area contributed by atoms with Gasteiger partial charge in [0.2, 0.25) is 0 Å². The molecule has 1 aliphatic rings. The van der Waals surface area contributed by atoms with Crippen LogP contribution in [0, 0.1) is 17.1 Å². The number of ether oxygens (including phenoxy) is 2. The Morgan fingerprint density at radius 3 is 2.38 bits per heavy atom. The van der Waals surface area contributed by atoms with Crippen LogP contribution in [0.2, 0.25) is 0 Å². The van der Waals surface area contributed by atoms with Crippen LogP contribution in [0.15, 0.2) is 24.4 Å². The van der Waals surface area contributed by atoms with Gasteiger partial charge in [-0.2, -0.15) is 31.6 Å². The van der Waals surface area contributed by atoms with Crippen molar-refractivity contribution in [2.75, 3.05) is 20.2 Å². The first-order chi connectivity index (χ1) is 15.8. The Labute approximate surface area is 188 Å². The standard InChI is InChI=1S/C21H16F7N3O3/c1-10(20(23,24)25)34-15-4-3-11(6-29)18(33-2)16(15)19(32)31-8-12(9-31)17-14(22)5-13(7-30-17)21(26,27)28/h3-5,7,10,12H,8-9H2,1-2H3/t10-/m0/s1. The molecule has 1 aromatic heterocycles. The van der Waals surface area contributed by atoms with Gasteiger partial charge in [-0.05, 0) is 25.1 Å². The average Bonchev–Trinajstić information content (AvgIpc) is 2.71. The highest BCUT2D eigenvalue weighted by atomic mass is 19.4. The minimum atomic E-state index is -4.78. The fourth-order valence-electron chi connectivity index (χ4n) is 3.30. The Balaban J connectivity index is 1.87. The molecule has 0 aliphatic carbocycles. The first-order valence-corrected chi connectivity index (χ1v) is 9.64. The summed E-state index contributed by atoms with van der Waals surface area (Å²) in [5, 5.41) is 9.26. The van der Waals surface area contributed by atoms with Crippen molar-refractivity contribution in [3.05, 3.63) is 52.6 Å². The van der Waals surface area contributed by atoms with Gasteiger partial charge in [-0.3, -0.25) is 9.78 Å². The third-order valence-electron chi connectivity index (χ3n) is 5.18. The molecule has 1 saturated heterocycles. The van der Waals surface area contributed by atoms with Crippen LogP contribution in [0.4, 0.5) is 30.7 Å². The van der Waals surface area contributed by atoms with Gasteiger partial charge in [-0.25, -0.2) is 4.39 Å². The number of alkyl halides is 6. The molecule has 0 unspecified atom stereocenters. The molecule has 0 radical (unpaired) electrons. The van der Waals surface area contributed by atoms with Crippen molar-refractivity contribution in [1.82, 2.24) is 9.88 Å². The van der Waals surface area contributed by atoms with Crippen molar-refractivity contribution in [3.8, 4) is 17.6 Å². The van der Waals surface area contributed by atoms with E-state index in [-0.39, 0.29) is 30.1 Å². The summed E-state index contributed by atoms with van der Waals surface area (Å²) >= 11 is 0. The molecular formula is C21H16F7N3O3. The number of carbonyl (C=O) groups is 1. The third-order valence-corrected chi connectivity index (χ3v) is 5.18. The van der Waals surface area contributed by atoms with Crippen LogP contribution in [0.3, 0.4) is 0 Å². The van der Waals surface area contributed by atoms with Crippen LogP contribution in [0.1, 0.15) is 40.0 Å². The number of nitrogens with zero attached hydrogens (tertiary/aromatic N) is 3. The van der Waals surface area contributed by atoms with E-state index in [4.69, 9.17) is 9.47 Å². The number of aromatic nitrogens is 1. The molecule has 1 atom stereocenters. The largest absolute Gasteiger partial charge is 0.494 e. The fourth-order valence-corrected chi connectivity index (χ4v) is 3.30. The quantitative estimate of drug-likeness (QED) is 0.568. The van der Waals surface area contributed by atoms with E-state index in [0.29, 0.717) is 12.3 Å².